The first-order valence-electron chi connectivity index (χ1n) is 7.16. The van der Waals surface area contributed by atoms with Gasteiger partial charge in [0.2, 0.25) is 0 Å². The van der Waals surface area contributed by atoms with Crippen LogP contribution in [-0.4, -0.2) is 5.78 Å². The minimum absolute atomic E-state index is 0.468. The van der Waals surface area contributed by atoms with Crippen molar-refractivity contribution in [3.05, 3.63) is 0 Å². The van der Waals surface area contributed by atoms with Gasteiger partial charge >= 0.3 is 0 Å². The Balaban J connectivity index is 1.70. The first-order chi connectivity index (χ1) is 8.18. The molecule has 0 amide bonds. The number of carbonyl (C=O) groups excluding carboxylic acids is 1. The van der Waals surface area contributed by atoms with Gasteiger partial charge in [0.1, 0.15) is 5.78 Å². The molecule has 2 rings (SSSR count). The highest BCUT2D eigenvalue weighted by atomic mass is 16.1. The van der Waals surface area contributed by atoms with E-state index >= 15 is 0 Å². The summed E-state index contributed by atoms with van der Waals surface area (Å²) in [5.74, 6) is 10.1. The van der Waals surface area contributed by atoms with E-state index < -0.39 is 0 Å². The molecule has 94 valence electrons. The van der Waals surface area contributed by atoms with Gasteiger partial charge < -0.3 is 0 Å². The zero-order valence-electron chi connectivity index (χ0n) is 11.2. The Kier molecular flexibility index (Phi) is 4.26. The summed E-state index contributed by atoms with van der Waals surface area (Å²) in [6, 6.07) is 0. The fraction of sp³-hybridized carbons (Fsp3) is 0.812. The summed E-state index contributed by atoms with van der Waals surface area (Å²) < 4.78 is 0. The SMILES string of the molecule is CC(C)CC(=O)CCC1C2CCC#CCCC21. The van der Waals surface area contributed by atoms with Crippen molar-refractivity contribution in [1.82, 2.24) is 0 Å². The molecule has 2 aliphatic rings. The highest BCUT2D eigenvalue weighted by molar-refractivity contribution is 5.78. The van der Waals surface area contributed by atoms with Gasteiger partial charge in [-0.15, -0.1) is 11.8 Å². The number of Topliss-reactive ketones (excluding diaryl/α,β-unsaturated/α-hetero) is 1. The van der Waals surface area contributed by atoms with Crippen LogP contribution in [0.4, 0.5) is 0 Å². The Morgan fingerprint density at radius 1 is 1.18 bits per heavy atom. The second-order valence-electron chi connectivity index (χ2n) is 6.10. The molecule has 2 aliphatic carbocycles. The maximum atomic E-state index is 11.7. The highest BCUT2D eigenvalue weighted by Crippen LogP contribution is 2.54. The molecule has 0 aromatic heterocycles. The lowest BCUT2D eigenvalue weighted by molar-refractivity contribution is -0.119. The zero-order chi connectivity index (χ0) is 12.3. The van der Waals surface area contributed by atoms with Gasteiger partial charge in [0.05, 0.1) is 0 Å². The Labute approximate surface area is 105 Å². The molecule has 1 heteroatoms. The Morgan fingerprint density at radius 3 is 2.29 bits per heavy atom. The van der Waals surface area contributed by atoms with Crippen LogP contribution in [-0.2, 0) is 4.79 Å². The molecule has 0 radical (unpaired) electrons. The van der Waals surface area contributed by atoms with Gasteiger partial charge in [-0.3, -0.25) is 4.79 Å². The Hall–Kier alpha value is -0.770. The fourth-order valence-electron chi connectivity index (χ4n) is 3.35. The standard InChI is InChI=1S/C16H24O/c1-12(2)11-13(17)9-10-16-14-7-5-3-4-6-8-15(14)16/h12,14-16H,5-11H2,1-2H3. The molecule has 0 saturated heterocycles. The third-order valence-electron chi connectivity index (χ3n) is 4.23. The largest absolute Gasteiger partial charge is 0.300 e. The van der Waals surface area contributed by atoms with Crippen molar-refractivity contribution in [2.75, 3.05) is 0 Å². The summed E-state index contributed by atoms with van der Waals surface area (Å²) in [5.41, 5.74) is 0. The van der Waals surface area contributed by atoms with Gasteiger partial charge in [-0.25, -0.2) is 0 Å². The van der Waals surface area contributed by atoms with E-state index in [1.807, 2.05) is 0 Å². The predicted octanol–water partition coefficient (Wildman–Crippen LogP) is 3.82. The molecule has 1 nitrogen and oxygen atoms in total. The van der Waals surface area contributed by atoms with Crippen LogP contribution in [0.5, 0.6) is 0 Å². The number of fused-ring (bicyclic) bond motifs is 1. The average Bonchev–Trinajstić information content (AvgIpc) is 2.84. The fourth-order valence-corrected chi connectivity index (χ4v) is 3.35. The van der Waals surface area contributed by atoms with E-state index in [1.165, 1.54) is 12.8 Å². The summed E-state index contributed by atoms with van der Waals surface area (Å²) in [6.45, 7) is 4.25. The Morgan fingerprint density at radius 2 is 1.76 bits per heavy atom. The van der Waals surface area contributed by atoms with Crippen LogP contribution >= 0.6 is 0 Å². The summed E-state index contributed by atoms with van der Waals surface area (Å²) in [7, 11) is 0. The summed E-state index contributed by atoms with van der Waals surface area (Å²) >= 11 is 0. The summed E-state index contributed by atoms with van der Waals surface area (Å²) in [6.07, 6.45) is 7.44. The van der Waals surface area contributed by atoms with Crippen molar-refractivity contribution >= 4 is 5.78 Å². The van der Waals surface area contributed by atoms with E-state index in [1.54, 1.807) is 0 Å². The molecule has 0 N–H and O–H groups in total. The second-order valence-corrected chi connectivity index (χ2v) is 6.10. The zero-order valence-corrected chi connectivity index (χ0v) is 11.2. The third-order valence-corrected chi connectivity index (χ3v) is 4.23. The van der Waals surface area contributed by atoms with Crippen LogP contribution in [0.3, 0.4) is 0 Å². The van der Waals surface area contributed by atoms with E-state index in [2.05, 4.69) is 25.7 Å². The number of rotatable bonds is 5. The second kappa shape index (κ2) is 5.71. The van der Waals surface area contributed by atoms with E-state index in [9.17, 15) is 4.79 Å². The molecule has 0 aromatic rings. The topological polar surface area (TPSA) is 17.1 Å². The quantitative estimate of drug-likeness (QED) is 0.659. The van der Waals surface area contributed by atoms with Gasteiger partial charge in [0.15, 0.2) is 0 Å². The molecular weight excluding hydrogens is 208 g/mol. The molecule has 0 aromatic carbocycles. The van der Waals surface area contributed by atoms with Crippen LogP contribution in [0, 0.1) is 35.5 Å². The van der Waals surface area contributed by atoms with E-state index in [4.69, 9.17) is 0 Å². The molecule has 1 fully saturated rings. The summed E-state index contributed by atoms with van der Waals surface area (Å²) in [5, 5.41) is 0. The summed E-state index contributed by atoms with van der Waals surface area (Å²) in [4.78, 5) is 11.7. The number of ketones is 1. The van der Waals surface area contributed by atoms with Crippen molar-refractivity contribution in [2.45, 2.75) is 58.8 Å². The molecular formula is C16H24O. The van der Waals surface area contributed by atoms with Crippen LogP contribution in [0.2, 0.25) is 0 Å². The van der Waals surface area contributed by atoms with Crippen LogP contribution in [0.25, 0.3) is 0 Å². The van der Waals surface area contributed by atoms with Gasteiger partial charge in [-0.2, -0.15) is 0 Å². The van der Waals surface area contributed by atoms with E-state index in [0.717, 1.165) is 49.9 Å². The van der Waals surface area contributed by atoms with Crippen molar-refractivity contribution < 1.29 is 4.79 Å². The van der Waals surface area contributed by atoms with Crippen LogP contribution < -0.4 is 0 Å². The molecule has 0 aliphatic heterocycles. The lowest BCUT2D eigenvalue weighted by Crippen LogP contribution is -2.03. The molecule has 0 bridgehead atoms. The van der Waals surface area contributed by atoms with Gasteiger partial charge in [0.25, 0.3) is 0 Å². The lowest BCUT2D eigenvalue weighted by Gasteiger charge is -2.03. The van der Waals surface area contributed by atoms with Gasteiger partial charge in [0, 0.05) is 25.7 Å². The molecule has 0 heterocycles. The minimum atomic E-state index is 0.468. The first-order valence-corrected chi connectivity index (χ1v) is 7.16. The average molecular weight is 232 g/mol. The first kappa shape index (κ1) is 12.7. The highest BCUT2D eigenvalue weighted by Gasteiger charge is 2.47. The maximum Gasteiger partial charge on any atom is 0.133 e. The third kappa shape index (κ3) is 3.60. The van der Waals surface area contributed by atoms with Crippen LogP contribution in [0.15, 0.2) is 0 Å². The predicted molar refractivity (Wildman–Crippen MR) is 70.4 cm³/mol. The molecule has 2 atom stereocenters. The van der Waals surface area contributed by atoms with Crippen molar-refractivity contribution in [3.8, 4) is 11.8 Å². The monoisotopic (exact) mass is 232 g/mol. The number of hydrogen-bond donors (Lipinski definition) is 0. The maximum absolute atomic E-state index is 11.7. The lowest BCUT2D eigenvalue weighted by atomic mass is 10.0. The Bertz CT molecular complexity index is 313. The minimum Gasteiger partial charge on any atom is -0.300 e. The number of carbonyl (C=O) groups is 1. The van der Waals surface area contributed by atoms with Gasteiger partial charge in [-0.1, -0.05) is 13.8 Å². The van der Waals surface area contributed by atoms with Crippen molar-refractivity contribution in [3.63, 3.8) is 0 Å². The molecule has 0 spiro atoms. The van der Waals surface area contributed by atoms with Crippen LogP contribution in [0.1, 0.15) is 58.8 Å². The normalized spacial score (nSPS) is 30.9. The molecule has 1 saturated carbocycles. The molecule has 17 heavy (non-hydrogen) atoms. The van der Waals surface area contributed by atoms with Crippen molar-refractivity contribution in [1.29, 1.82) is 0 Å². The number of hydrogen-bond acceptors (Lipinski definition) is 1. The van der Waals surface area contributed by atoms with Gasteiger partial charge in [-0.05, 0) is 42.9 Å². The smallest absolute Gasteiger partial charge is 0.133 e. The van der Waals surface area contributed by atoms with E-state index in [-0.39, 0.29) is 0 Å². The molecule has 2 unspecified atom stereocenters. The van der Waals surface area contributed by atoms with E-state index in [0.29, 0.717) is 11.7 Å². The van der Waals surface area contributed by atoms with Crippen molar-refractivity contribution in [2.24, 2.45) is 23.7 Å².